The van der Waals surface area contributed by atoms with Crippen LogP contribution in [-0.2, 0) is 9.59 Å². The van der Waals surface area contributed by atoms with Gasteiger partial charge in [-0.25, -0.2) is 4.79 Å². The summed E-state index contributed by atoms with van der Waals surface area (Å²) in [6.45, 7) is 6.92. The Labute approximate surface area is 126 Å². The predicted molar refractivity (Wildman–Crippen MR) is 80.9 cm³/mol. The van der Waals surface area contributed by atoms with E-state index in [1.807, 2.05) is 6.92 Å². The lowest BCUT2D eigenvalue weighted by molar-refractivity contribution is -0.149. The van der Waals surface area contributed by atoms with Gasteiger partial charge in [-0.3, -0.25) is 14.9 Å². The number of hydrogen-bond acceptors (Lipinski definition) is 3. The Morgan fingerprint density at radius 2 is 1.76 bits per heavy atom. The molecule has 6 nitrogen and oxygen atoms in total. The number of carboxylic acids is 1. The Kier molecular flexibility index (Phi) is 8.66. The zero-order chi connectivity index (χ0) is 16.5. The van der Waals surface area contributed by atoms with Crippen molar-refractivity contribution in [3.8, 4) is 0 Å². The summed E-state index contributed by atoms with van der Waals surface area (Å²) in [5, 5.41) is 13.8. The van der Waals surface area contributed by atoms with E-state index in [1.54, 1.807) is 0 Å². The SMILES string of the molecule is CCCCCCC(C)NC(=O)NC(=O)CC(C)(C)C(=O)O. The second kappa shape index (κ2) is 9.37. The third-order valence-corrected chi connectivity index (χ3v) is 3.30. The van der Waals surface area contributed by atoms with Crippen molar-refractivity contribution in [1.82, 2.24) is 10.6 Å². The summed E-state index contributed by atoms with van der Waals surface area (Å²) in [5.41, 5.74) is -1.18. The molecule has 0 fully saturated rings. The van der Waals surface area contributed by atoms with E-state index in [2.05, 4.69) is 17.6 Å². The van der Waals surface area contributed by atoms with Gasteiger partial charge in [-0.2, -0.15) is 0 Å². The number of amides is 3. The molecule has 122 valence electrons. The van der Waals surface area contributed by atoms with Crippen LogP contribution >= 0.6 is 0 Å². The molecule has 0 radical (unpaired) electrons. The van der Waals surface area contributed by atoms with Gasteiger partial charge in [0.05, 0.1) is 5.41 Å². The third kappa shape index (κ3) is 9.05. The summed E-state index contributed by atoms with van der Waals surface area (Å²) in [6.07, 6.45) is 5.14. The standard InChI is InChI=1S/C15H28N2O4/c1-5-6-7-8-9-11(2)16-14(21)17-12(18)10-15(3,4)13(19)20/h11H,5-10H2,1-4H3,(H,19,20)(H2,16,17,18,21). The fraction of sp³-hybridized carbons (Fsp3) is 0.800. The summed E-state index contributed by atoms with van der Waals surface area (Å²) in [5.74, 6) is -1.65. The van der Waals surface area contributed by atoms with Gasteiger partial charge < -0.3 is 10.4 Å². The van der Waals surface area contributed by atoms with E-state index in [1.165, 1.54) is 20.3 Å². The number of hydrogen-bond donors (Lipinski definition) is 3. The molecule has 0 saturated carbocycles. The third-order valence-electron chi connectivity index (χ3n) is 3.30. The number of carbonyl (C=O) groups is 3. The molecule has 0 aromatic rings. The van der Waals surface area contributed by atoms with Crippen molar-refractivity contribution in [3.63, 3.8) is 0 Å². The van der Waals surface area contributed by atoms with Gasteiger partial charge in [0.25, 0.3) is 0 Å². The van der Waals surface area contributed by atoms with Gasteiger partial charge in [-0.05, 0) is 27.2 Å². The van der Waals surface area contributed by atoms with Gasteiger partial charge in [0.1, 0.15) is 0 Å². The normalized spacial score (nSPS) is 12.6. The number of carboxylic acid groups (broad SMARTS) is 1. The first-order valence-corrected chi connectivity index (χ1v) is 7.52. The van der Waals surface area contributed by atoms with E-state index in [-0.39, 0.29) is 12.5 Å². The molecule has 1 unspecified atom stereocenters. The minimum atomic E-state index is -1.18. The average molecular weight is 300 g/mol. The van der Waals surface area contributed by atoms with E-state index in [0.29, 0.717) is 0 Å². The smallest absolute Gasteiger partial charge is 0.321 e. The Morgan fingerprint density at radius 1 is 1.14 bits per heavy atom. The summed E-state index contributed by atoms with van der Waals surface area (Å²) in [7, 11) is 0. The lowest BCUT2D eigenvalue weighted by atomic mass is 9.89. The second-order valence-electron chi connectivity index (χ2n) is 6.14. The van der Waals surface area contributed by atoms with E-state index in [4.69, 9.17) is 5.11 Å². The molecule has 1 atom stereocenters. The fourth-order valence-corrected chi connectivity index (χ4v) is 1.86. The quantitative estimate of drug-likeness (QED) is 0.570. The maximum absolute atomic E-state index is 11.6. The minimum Gasteiger partial charge on any atom is -0.481 e. The molecule has 0 heterocycles. The Balaban J connectivity index is 4.02. The molecule has 0 saturated heterocycles. The van der Waals surface area contributed by atoms with E-state index in [9.17, 15) is 14.4 Å². The van der Waals surface area contributed by atoms with Crippen LogP contribution in [0.15, 0.2) is 0 Å². The largest absolute Gasteiger partial charge is 0.481 e. The number of aliphatic carboxylic acids is 1. The topological polar surface area (TPSA) is 95.5 Å². The van der Waals surface area contributed by atoms with Gasteiger partial charge in [-0.1, -0.05) is 32.6 Å². The van der Waals surface area contributed by atoms with Crippen LogP contribution in [0.5, 0.6) is 0 Å². The predicted octanol–water partition coefficient (Wildman–Crippen LogP) is 2.67. The molecular weight excluding hydrogens is 272 g/mol. The van der Waals surface area contributed by atoms with Crippen molar-refractivity contribution in [3.05, 3.63) is 0 Å². The number of unbranched alkanes of at least 4 members (excludes halogenated alkanes) is 3. The van der Waals surface area contributed by atoms with E-state index >= 15 is 0 Å². The molecule has 3 N–H and O–H groups in total. The number of carbonyl (C=O) groups excluding carboxylic acids is 2. The van der Waals surface area contributed by atoms with Crippen LogP contribution in [0.4, 0.5) is 4.79 Å². The maximum atomic E-state index is 11.6. The summed E-state index contributed by atoms with van der Waals surface area (Å²) in [6, 6.07) is -0.577. The molecule has 0 aliphatic heterocycles. The van der Waals surface area contributed by atoms with Crippen LogP contribution in [0.3, 0.4) is 0 Å². The summed E-state index contributed by atoms with van der Waals surface area (Å²) < 4.78 is 0. The van der Waals surface area contributed by atoms with Crippen LogP contribution < -0.4 is 10.6 Å². The lowest BCUT2D eigenvalue weighted by Gasteiger charge is -2.19. The number of nitrogens with one attached hydrogen (secondary N) is 2. The van der Waals surface area contributed by atoms with Gasteiger partial charge in [0, 0.05) is 12.5 Å². The Hall–Kier alpha value is -1.59. The first-order chi connectivity index (χ1) is 9.69. The highest BCUT2D eigenvalue weighted by Gasteiger charge is 2.30. The second-order valence-corrected chi connectivity index (χ2v) is 6.14. The van der Waals surface area contributed by atoms with Crippen LogP contribution in [0.1, 0.15) is 66.2 Å². The molecule has 3 amide bonds. The van der Waals surface area contributed by atoms with Crippen molar-refractivity contribution in [2.24, 2.45) is 5.41 Å². The molecule has 0 bridgehead atoms. The van der Waals surface area contributed by atoms with Gasteiger partial charge >= 0.3 is 12.0 Å². The molecule has 0 aromatic carbocycles. The van der Waals surface area contributed by atoms with Gasteiger partial charge in [-0.15, -0.1) is 0 Å². The Bertz CT molecular complexity index is 367. The highest BCUT2D eigenvalue weighted by atomic mass is 16.4. The molecule has 0 aliphatic carbocycles. The fourth-order valence-electron chi connectivity index (χ4n) is 1.86. The van der Waals surface area contributed by atoms with Crippen LogP contribution in [0.2, 0.25) is 0 Å². The molecule has 21 heavy (non-hydrogen) atoms. The van der Waals surface area contributed by atoms with E-state index < -0.39 is 23.3 Å². The summed E-state index contributed by atoms with van der Waals surface area (Å²) in [4.78, 5) is 34.1. The van der Waals surface area contributed by atoms with Crippen LogP contribution in [-0.4, -0.2) is 29.1 Å². The molecule has 0 spiro atoms. The molecule has 0 aliphatic rings. The molecule has 6 heteroatoms. The minimum absolute atomic E-state index is 0.0119. The zero-order valence-electron chi connectivity index (χ0n) is 13.5. The maximum Gasteiger partial charge on any atom is 0.321 e. The molecule has 0 aromatic heterocycles. The van der Waals surface area contributed by atoms with Crippen molar-refractivity contribution >= 4 is 17.9 Å². The van der Waals surface area contributed by atoms with Crippen LogP contribution in [0, 0.1) is 5.41 Å². The summed E-state index contributed by atoms with van der Waals surface area (Å²) >= 11 is 0. The molecule has 0 rings (SSSR count). The average Bonchev–Trinajstić information content (AvgIpc) is 2.33. The number of imide groups is 1. The van der Waals surface area contributed by atoms with Crippen molar-refractivity contribution in [2.45, 2.75) is 72.3 Å². The van der Waals surface area contributed by atoms with Crippen molar-refractivity contribution < 1.29 is 19.5 Å². The van der Waals surface area contributed by atoms with Crippen molar-refractivity contribution in [1.29, 1.82) is 0 Å². The Morgan fingerprint density at radius 3 is 2.29 bits per heavy atom. The van der Waals surface area contributed by atoms with Gasteiger partial charge in [0.15, 0.2) is 0 Å². The van der Waals surface area contributed by atoms with Crippen molar-refractivity contribution in [2.75, 3.05) is 0 Å². The monoisotopic (exact) mass is 300 g/mol. The number of urea groups is 1. The highest BCUT2D eigenvalue weighted by Crippen LogP contribution is 2.19. The number of rotatable bonds is 9. The lowest BCUT2D eigenvalue weighted by Crippen LogP contribution is -2.45. The molecular formula is C15H28N2O4. The first-order valence-electron chi connectivity index (χ1n) is 7.52. The van der Waals surface area contributed by atoms with Gasteiger partial charge in [0.2, 0.25) is 5.91 Å². The highest BCUT2D eigenvalue weighted by molar-refractivity contribution is 5.96. The zero-order valence-corrected chi connectivity index (χ0v) is 13.5. The first kappa shape index (κ1) is 19.4. The van der Waals surface area contributed by atoms with Crippen LogP contribution in [0.25, 0.3) is 0 Å². The van der Waals surface area contributed by atoms with E-state index in [0.717, 1.165) is 25.7 Å².